The molecule has 1 aliphatic carbocycles. The number of hydrogen-bond donors (Lipinski definition) is 2. The molecule has 1 amide bonds. The molecule has 7 heteroatoms. The first-order valence-corrected chi connectivity index (χ1v) is 12.4. The minimum Gasteiger partial charge on any atom is -0.355 e. The third kappa shape index (κ3) is 6.04. The van der Waals surface area contributed by atoms with Crippen LogP contribution in [0, 0.1) is 0 Å². The Morgan fingerprint density at radius 2 is 1.84 bits per heavy atom. The number of aliphatic imine (C=N–C) groups is 1. The molecule has 4 rings (SSSR count). The number of amides is 1. The van der Waals surface area contributed by atoms with Crippen LogP contribution in [0.5, 0.6) is 0 Å². The standard InChI is InChI=1S/C25H34N4OS.HI/c1-26-24(28-19-25(13-5-2-6-14-25)22-11-8-16-31-22)27-17-20-9-3-4-10-21(20)18-29-15-7-12-23(29)30;/h3-4,8-11,16H,2,5-7,12-15,17-19H2,1H3,(H2,26,27,28);1H. The van der Waals surface area contributed by atoms with Crippen molar-refractivity contribution in [3.63, 3.8) is 0 Å². The van der Waals surface area contributed by atoms with Crippen molar-refractivity contribution in [2.24, 2.45) is 4.99 Å². The molecule has 1 saturated carbocycles. The minimum absolute atomic E-state index is 0. The first-order valence-electron chi connectivity index (χ1n) is 11.5. The zero-order valence-corrected chi connectivity index (χ0v) is 22.1. The Morgan fingerprint density at radius 1 is 1.06 bits per heavy atom. The van der Waals surface area contributed by atoms with Gasteiger partial charge >= 0.3 is 0 Å². The number of nitrogens with zero attached hydrogens (tertiary/aromatic N) is 2. The first-order chi connectivity index (χ1) is 15.2. The van der Waals surface area contributed by atoms with E-state index < -0.39 is 0 Å². The SMILES string of the molecule is CN=C(NCc1ccccc1CN1CCCC1=O)NCC1(c2cccs2)CCCCC1.I. The second-order valence-corrected chi connectivity index (χ2v) is 9.73. The Bertz CT molecular complexity index is 893. The van der Waals surface area contributed by atoms with Gasteiger partial charge in [-0.3, -0.25) is 9.79 Å². The van der Waals surface area contributed by atoms with Crippen molar-refractivity contribution >= 4 is 47.2 Å². The molecule has 0 bridgehead atoms. The molecule has 0 spiro atoms. The van der Waals surface area contributed by atoms with Gasteiger partial charge in [0.05, 0.1) is 0 Å². The van der Waals surface area contributed by atoms with E-state index in [1.54, 1.807) is 0 Å². The molecule has 1 saturated heterocycles. The van der Waals surface area contributed by atoms with Gasteiger partial charge in [-0.1, -0.05) is 49.6 Å². The topological polar surface area (TPSA) is 56.7 Å². The van der Waals surface area contributed by atoms with E-state index in [9.17, 15) is 4.79 Å². The van der Waals surface area contributed by atoms with E-state index in [2.05, 4.69) is 57.4 Å². The average Bonchev–Trinajstić information content (AvgIpc) is 3.48. The molecule has 174 valence electrons. The summed E-state index contributed by atoms with van der Waals surface area (Å²) in [6.07, 6.45) is 8.08. The van der Waals surface area contributed by atoms with E-state index in [0.717, 1.165) is 25.5 Å². The largest absolute Gasteiger partial charge is 0.355 e. The Kier molecular flexibility index (Phi) is 9.40. The number of likely N-dealkylation sites (tertiary alicyclic amines) is 1. The van der Waals surface area contributed by atoms with Crippen LogP contribution in [0.4, 0.5) is 0 Å². The van der Waals surface area contributed by atoms with Crippen LogP contribution in [-0.4, -0.2) is 36.9 Å². The van der Waals surface area contributed by atoms with Gasteiger partial charge < -0.3 is 15.5 Å². The fraction of sp³-hybridized carbons (Fsp3) is 0.520. The summed E-state index contributed by atoms with van der Waals surface area (Å²) < 4.78 is 0. The van der Waals surface area contributed by atoms with E-state index in [-0.39, 0.29) is 35.3 Å². The van der Waals surface area contributed by atoms with Crippen LogP contribution < -0.4 is 10.6 Å². The summed E-state index contributed by atoms with van der Waals surface area (Å²) in [4.78, 5) is 20.0. The van der Waals surface area contributed by atoms with Crippen LogP contribution in [0.3, 0.4) is 0 Å². The van der Waals surface area contributed by atoms with Gasteiger partial charge in [0, 0.05) is 49.9 Å². The number of benzene rings is 1. The Hall–Kier alpha value is -1.61. The normalized spacial score (nSPS) is 18.3. The zero-order valence-electron chi connectivity index (χ0n) is 18.9. The summed E-state index contributed by atoms with van der Waals surface area (Å²) in [6.45, 7) is 3.18. The fourth-order valence-corrected chi connectivity index (χ4v) is 5.92. The monoisotopic (exact) mass is 566 g/mol. The van der Waals surface area contributed by atoms with Crippen LogP contribution in [0.2, 0.25) is 0 Å². The molecule has 2 N–H and O–H groups in total. The van der Waals surface area contributed by atoms with Gasteiger partial charge in [0.15, 0.2) is 5.96 Å². The number of carbonyl (C=O) groups excluding carboxylic acids is 1. The molecule has 0 atom stereocenters. The van der Waals surface area contributed by atoms with Gasteiger partial charge in [0.1, 0.15) is 0 Å². The van der Waals surface area contributed by atoms with Crippen LogP contribution in [-0.2, 0) is 23.3 Å². The van der Waals surface area contributed by atoms with E-state index in [0.29, 0.717) is 19.5 Å². The van der Waals surface area contributed by atoms with Crippen molar-refractivity contribution < 1.29 is 4.79 Å². The molecule has 0 unspecified atom stereocenters. The third-order valence-electron chi connectivity index (χ3n) is 6.77. The molecule has 0 radical (unpaired) electrons. The first kappa shape index (κ1) is 25.0. The van der Waals surface area contributed by atoms with Gasteiger partial charge in [-0.05, 0) is 41.8 Å². The lowest BCUT2D eigenvalue weighted by Crippen LogP contribution is -2.46. The lowest BCUT2D eigenvalue weighted by molar-refractivity contribution is -0.128. The van der Waals surface area contributed by atoms with Crippen molar-refractivity contribution in [1.29, 1.82) is 0 Å². The summed E-state index contributed by atoms with van der Waals surface area (Å²) in [6, 6.07) is 12.9. The number of hydrogen-bond acceptors (Lipinski definition) is 3. The lowest BCUT2D eigenvalue weighted by Gasteiger charge is -2.37. The number of carbonyl (C=O) groups is 1. The summed E-state index contributed by atoms with van der Waals surface area (Å²) in [5.41, 5.74) is 2.65. The van der Waals surface area contributed by atoms with Crippen molar-refractivity contribution in [3.05, 3.63) is 57.8 Å². The molecule has 2 heterocycles. The third-order valence-corrected chi connectivity index (χ3v) is 7.89. The molecule has 2 fully saturated rings. The van der Waals surface area contributed by atoms with Crippen molar-refractivity contribution in [1.82, 2.24) is 15.5 Å². The quantitative estimate of drug-likeness (QED) is 0.280. The molecule has 32 heavy (non-hydrogen) atoms. The number of rotatable bonds is 7. The predicted octanol–water partition coefficient (Wildman–Crippen LogP) is 5.06. The van der Waals surface area contributed by atoms with E-state index in [4.69, 9.17) is 0 Å². The smallest absolute Gasteiger partial charge is 0.222 e. The van der Waals surface area contributed by atoms with Gasteiger partial charge in [-0.15, -0.1) is 35.3 Å². The summed E-state index contributed by atoms with van der Waals surface area (Å²) in [5.74, 6) is 1.11. The molecule has 1 aromatic heterocycles. The maximum Gasteiger partial charge on any atom is 0.222 e. The number of nitrogens with one attached hydrogen (secondary N) is 2. The van der Waals surface area contributed by atoms with Gasteiger partial charge in [0.25, 0.3) is 0 Å². The molecule has 5 nitrogen and oxygen atoms in total. The van der Waals surface area contributed by atoms with Crippen LogP contribution in [0.25, 0.3) is 0 Å². The summed E-state index contributed by atoms with van der Waals surface area (Å²) in [5, 5.41) is 9.32. The highest BCUT2D eigenvalue weighted by Gasteiger charge is 2.34. The second-order valence-electron chi connectivity index (χ2n) is 8.79. The predicted molar refractivity (Wildman–Crippen MR) is 144 cm³/mol. The molecular weight excluding hydrogens is 531 g/mol. The highest BCUT2D eigenvalue weighted by atomic mass is 127. The summed E-state index contributed by atoms with van der Waals surface area (Å²) >= 11 is 1.88. The molecular formula is C25H35IN4OS. The van der Waals surface area contributed by atoms with E-state index in [1.807, 2.05) is 23.3 Å². The van der Waals surface area contributed by atoms with Gasteiger partial charge in [0.2, 0.25) is 5.91 Å². The highest BCUT2D eigenvalue weighted by molar-refractivity contribution is 14.0. The van der Waals surface area contributed by atoms with Crippen LogP contribution in [0.1, 0.15) is 60.9 Å². The van der Waals surface area contributed by atoms with Crippen LogP contribution in [0.15, 0.2) is 46.8 Å². The maximum absolute atomic E-state index is 12.0. The zero-order chi connectivity index (χ0) is 21.5. The lowest BCUT2D eigenvalue weighted by atomic mass is 9.73. The molecule has 1 aliphatic heterocycles. The molecule has 2 aliphatic rings. The Labute approximate surface area is 213 Å². The van der Waals surface area contributed by atoms with Crippen LogP contribution >= 0.6 is 35.3 Å². The number of halogens is 1. The van der Waals surface area contributed by atoms with Gasteiger partial charge in [-0.25, -0.2) is 0 Å². The number of guanidine groups is 1. The summed E-state index contributed by atoms with van der Waals surface area (Å²) in [7, 11) is 1.84. The molecule has 2 aromatic rings. The van der Waals surface area contributed by atoms with E-state index in [1.165, 1.54) is 48.1 Å². The molecule has 1 aromatic carbocycles. The fourth-order valence-electron chi connectivity index (χ4n) is 4.93. The average molecular weight is 567 g/mol. The van der Waals surface area contributed by atoms with Crippen molar-refractivity contribution in [3.8, 4) is 0 Å². The minimum atomic E-state index is 0. The van der Waals surface area contributed by atoms with Crippen molar-refractivity contribution in [2.45, 2.75) is 63.5 Å². The second kappa shape index (κ2) is 12.0. The van der Waals surface area contributed by atoms with Crippen molar-refractivity contribution in [2.75, 3.05) is 20.1 Å². The highest BCUT2D eigenvalue weighted by Crippen LogP contribution is 2.41. The maximum atomic E-state index is 12.0. The Balaban J connectivity index is 0.00000289. The Morgan fingerprint density at radius 3 is 2.50 bits per heavy atom. The number of thiophene rings is 1. The van der Waals surface area contributed by atoms with E-state index >= 15 is 0 Å². The van der Waals surface area contributed by atoms with Gasteiger partial charge in [-0.2, -0.15) is 0 Å².